The van der Waals surface area contributed by atoms with Gasteiger partial charge in [-0.1, -0.05) is 6.07 Å². The largest absolute Gasteiger partial charge is 0.383 e. The first-order valence-corrected chi connectivity index (χ1v) is 4.44. The summed E-state index contributed by atoms with van der Waals surface area (Å²) in [5.74, 6) is 0.570. The zero-order valence-electron chi connectivity index (χ0n) is 8.01. The predicted molar refractivity (Wildman–Crippen MR) is 54.7 cm³/mol. The van der Waals surface area contributed by atoms with Crippen molar-refractivity contribution < 1.29 is 0 Å². The number of aromatic nitrogens is 3. The Bertz CT molecular complexity index is 433. The summed E-state index contributed by atoms with van der Waals surface area (Å²) in [6, 6.07) is 3.83. The van der Waals surface area contributed by atoms with Crippen molar-refractivity contribution in [3.8, 4) is 0 Å². The van der Waals surface area contributed by atoms with Crippen molar-refractivity contribution in [3.05, 3.63) is 41.9 Å². The molecule has 0 bridgehead atoms. The molecular weight excluding hydrogens is 176 g/mol. The van der Waals surface area contributed by atoms with Crippen molar-refractivity contribution in [3.63, 3.8) is 0 Å². The fourth-order valence-corrected chi connectivity index (χ4v) is 1.31. The van der Waals surface area contributed by atoms with Crippen LogP contribution < -0.4 is 5.73 Å². The van der Waals surface area contributed by atoms with Crippen molar-refractivity contribution in [2.24, 2.45) is 0 Å². The summed E-state index contributed by atoms with van der Waals surface area (Å²) in [6.45, 7) is 2.68. The Morgan fingerprint density at radius 3 is 3.00 bits per heavy atom. The number of nitrogens with zero attached hydrogens (tertiary/aromatic N) is 3. The lowest BCUT2D eigenvalue weighted by molar-refractivity contribution is 0.686. The van der Waals surface area contributed by atoms with Gasteiger partial charge in [0.05, 0.1) is 12.7 Å². The third-order valence-electron chi connectivity index (χ3n) is 2.02. The number of aryl methyl sites for hydroxylation is 1. The molecule has 0 aromatic carbocycles. The Hall–Kier alpha value is -1.84. The van der Waals surface area contributed by atoms with Crippen LogP contribution in [0.3, 0.4) is 0 Å². The van der Waals surface area contributed by atoms with Gasteiger partial charge in [-0.2, -0.15) is 5.10 Å². The molecule has 2 aromatic rings. The maximum atomic E-state index is 5.72. The van der Waals surface area contributed by atoms with Crippen LogP contribution in [-0.2, 0) is 6.54 Å². The summed E-state index contributed by atoms with van der Waals surface area (Å²) in [7, 11) is 0. The first kappa shape index (κ1) is 8.74. The van der Waals surface area contributed by atoms with E-state index in [2.05, 4.69) is 10.1 Å². The monoisotopic (exact) mass is 188 g/mol. The van der Waals surface area contributed by atoms with Crippen LogP contribution in [0.5, 0.6) is 0 Å². The molecule has 2 N–H and O–H groups in total. The molecule has 72 valence electrons. The van der Waals surface area contributed by atoms with E-state index in [0.717, 1.165) is 11.1 Å². The fraction of sp³-hybridized carbons (Fsp3) is 0.200. The molecule has 4 heteroatoms. The van der Waals surface area contributed by atoms with Gasteiger partial charge in [0.2, 0.25) is 0 Å². The Balaban J connectivity index is 2.23. The van der Waals surface area contributed by atoms with Gasteiger partial charge < -0.3 is 5.73 Å². The maximum absolute atomic E-state index is 5.72. The van der Waals surface area contributed by atoms with E-state index in [1.807, 2.05) is 36.1 Å². The molecule has 0 fully saturated rings. The van der Waals surface area contributed by atoms with E-state index in [0.29, 0.717) is 12.4 Å². The van der Waals surface area contributed by atoms with E-state index in [9.17, 15) is 0 Å². The summed E-state index contributed by atoms with van der Waals surface area (Å²) in [6.07, 6.45) is 5.49. The minimum Gasteiger partial charge on any atom is -0.383 e. The summed E-state index contributed by atoms with van der Waals surface area (Å²) in [5.41, 5.74) is 7.86. The third kappa shape index (κ3) is 1.74. The molecule has 0 aliphatic rings. The molecule has 0 saturated heterocycles. The average Bonchev–Trinajstić information content (AvgIpc) is 2.56. The lowest BCUT2D eigenvalue weighted by Crippen LogP contribution is -2.04. The summed E-state index contributed by atoms with van der Waals surface area (Å²) in [5, 5.41) is 4.19. The standard InChI is InChI=1S/C10H12N4/c1-8-5-13-14(6-8)7-9-3-2-4-12-10(9)11/h2-6H,7H2,1H3,(H2,11,12). The molecule has 0 amide bonds. The molecule has 2 heterocycles. The second-order valence-corrected chi connectivity index (χ2v) is 3.26. The summed E-state index contributed by atoms with van der Waals surface area (Å²) in [4.78, 5) is 4.02. The van der Waals surface area contributed by atoms with Crippen LogP contribution in [-0.4, -0.2) is 14.8 Å². The second kappa shape index (κ2) is 3.49. The van der Waals surface area contributed by atoms with E-state index < -0.39 is 0 Å². The quantitative estimate of drug-likeness (QED) is 0.770. The Morgan fingerprint density at radius 1 is 1.50 bits per heavy atom. The van der Waals surface area contributed by atoms with E-state index in [4.69, 9.17) is 5.73 Å². The molecule has 0 aliphatic carbocycles. The smallest absolute Gasteiger partial charge is 0.128 e. The summed E-state index contributed by atoms with van der Waals surface area (Å²) < 4.78 is 1.85. The highest BCUT2D eigenvalue weighted by Crippen LogP contribution is 2.08. The first-order valence-electron chi connectivity index (χ1n) is 4.44. The Labute approximate surface area is 82.4 Å². The molecule has 0 saturated carbocycles. The van der Waals surface area contributed by atoms with Gasteiger partial charge in [0.25, 0.3) is 0 Å². The number of nitrogen functional groups attached to an aromatic ring is 1. The van der Waals surface area contributed by atoms with Gasteiger partial charge in [-0.25, -0.2) is 4.98 Å². The highest BCUT2D eigenvalue weighted by Gasteiger charge is 2.00. The van der Waals surface area contributed by atoms with Crippen LogP contribution >= 0.6 is 0 Å². The summed E-state index contributed by atoms with van der Waals surface area (Å²) >= 11 is 0. The van der Waals surface area contributed by atoms with Gasteiger partial charge in [-0.3, -0.25) is 4.68 Å². The van der Waals surface area contributed by atoms with Gasteiger partial charge in [0, 0.05) is 18.0 Å². The first-order chi connectivity index (χ1) is 6.75. The zero-order chi connectivity index (χ0) is 9.97. The maximum Gasteiger partial charge on any atom is 0.128 e. The van der Waals surface area contributed by atoms with Gasteiger partial charge in [0.15, 0.2) is 0 Å². The Morgan fingerprint density at radius 2 is 2.36 bits per heavy atom. The van der Waals surface area contributed by atoms with Gasteiger partial charge >= 0.3 is 0 Å². The van der Waals surface area contributed by atoms with Crippen molar-refractivity contribution in [2.45, 2.75) is 13.5 Å². The van der Waals surface area contributed by atoms with Crippen LogP contribution in [0, 0.1) is 6.92 Å². The second-order valence-electron chi connectivity index (χ2n) is 3.26. The van der Waals surface area contributed by atoms with Gasteiger partial charge in [-0.15, -0.1) is 0 Å². The molecule has 4 nitrogen and oxygen atoms in total. The van der Waals surface area contributed by atoms with E-state index in [1.54, 1.807) is 6.20 Å². The number of hydrogen-bond donors (Lipinski definition) is 1. The van der Waals surface area contributed by atoms with Gasteiger partial charge in [0.1, 0.15) is 5.82 Å². The number of hydrogen-bond acceptors (Lipinski definition) is 3. The van der Waals surface area contributed by atoms with Crippen molar-refractivity contribution in [1.82, 2.24) is 14.8 Å². The van der Waals surface area contributed by atoms with Crippen molar-refractivity contribution >= 4 is 5.82 Å². The molecule has 2 rings (SSSR count). The number of nitrogens with two attached hydrogens (primary N) is 1. The fourth-order valence-electron chi connectivity index (χ4n) is 1.31. The highest BCUT2D eigenvalue weighted by molar-refractivity contribution is 5.38. The van der Waals surface area contributed by atoms with Crippen LogP contribution in [0.25, 0.3) is 0 Å². The molecule has 0 atom stereocenters. The number of pyridine rings is 1. The highest BCUT2D eigenvalue weighted by atomic mass is 15.3. The number of anilines is 1. The van der Waals surface area contributed by atoms with E-state index in [-0.39, 0.29) is 0 Å². The van der Waals surface area contributed by atoms with Crippen molar-refractivity contribution in [2.75, 3.05) is 5.73 Å². The Kier molecular flexibility index (Phi) is 2.18. The normalized spacial score (nSPS) is 10.4. The van der Waals surface area contributed by atoms with Crippen LogP contribution in [0.4, 0.5) is 5.82 Å². The molecule has 0 unspecified atom stereocenters. The number of rotatable bonds is 2. The van der Waals surface area contributed by atoms with Crippen molar-refractivity contribution in [1.29, 1.82) is 0 Å². The van der Waals surface area contributed by atoms with Crippen LogP contribution in [0.2, 0.25) is 0 Å². The van der Waals surface area contributed by atoms with Crippen LogP contribution in [0.15, 0.2) is 30.7 Å². The lowest BCUT2D eigenvalue weighted by Gasteiger charge is -2.03. The molecule has 0 aliphatic heterocycles. The molecular formula is C10H12N4. The minimum absolute atomic E-state index is 0.570. The van der Waals surface area contributed by atoms with E-state index >= 15 is 0 Å². The SMILES string of the molecule is Cc1cnn(Cc2cccnc2N)c1. The molecule has 0 radical (unpaired) electrons. The minimum atomic E-state index is 0.570. The predicted octanol–water partition coefficient (Wildman–Crippen LogP) is 1.22. The zero-order valence-corrected chi connectivity index (χ0v) is 8.01. The molecule has 2 aromatic heterocycles. The topological polar surface area (TPSA) is 56.7 Å². The van der Waals surface area contributed by atoms with E-state index in [1.165, 1.54) is 0 Å². The molecule has 0 spiro atoms. The van der Waals surface area contributed by atoms with Crippen LogP contribution in [0.1, 0.15) is 11.1 Å². The molecule has 14 heavy (non-hydrogen) atoms. The third-order valence-corrected chi connectivity index (χ3v) is 2.02. The lowest BCUT2D eigenvalue weighted by atomic mass is 10.2. The van der Waals surface area contributed by atoms with Gasteiger partial charge in [-0.05, 0) is 18.6 Å². The average molecular weight is 188 g/mol.